The normalized spacial score (nSPS) is 10.8. The number of aromatic hydroxyl groups is 1. The molecule has 5 heteroatoms. The van der Waals surface area contributed by atoms with Gasteiger partial charge in [-0.2, -0.15) is 0 Å². The van der Waals surface area contributed by atoms with E-state index < -0.39 is 0 Å². The Bertz CT molecular complexity index is 948. The molecule has 0 atom stereocenters. The van der Waals surface area contributed by atoms with Crippen LogP contribution in [0.3, 0.4) is 0 Å². The number of anilines is 1. The van der Waals surface area contributed by atoms with Crippen LogP contribution in [0.4, 0.5) is 5.69 Å². The molecule has 0 saturated heterocycles. The topological polar surface area (TPSA) is 62.9 Å². The molecule has 1 aromatic heterocycles. The Labute approximate surface area is 152 Å². The van der Waals surface area contributed by atoms with E-state index >= 15 is 0 Å². The number of hydrogen-bond donors (Lipinski definition) is 1. The van der Waals surface area contributed by atoms with Gasteiger partial charge in [-0.05, 0) is 43.2 Å². The van der Waals surface area contributed by atoms with E-state index in [1.807, 2.05) is 31.2 Å². The Hall–Kier alpha value is -2.95. The fourth-order valence-corrected chi connectivity index (χ4v) is 3.00. The quantitative estimate of drug-likeness (QED) is 0.648. The van der Waals surface area contributed by atoms with Crippen molar-refractivity contribution < 1.29 is 14.3 Å². The summed E-state index contributed by atoms with van der Waals surface area (Å²) >= 11 is 0. The first-order valence-corrected chi connectivity index (χ1v) is 8.78. The number of phenolic OH excluding ortho intramolecular Hbond substituents is 1. The molecule has 0 aliphatic heterocycles. The van der Waals surface area contributed by atoms with Crippen LogP contribution in [0.25, 0.3) is 11.0 Å². The van der Waals surface area contributed by atoms with Crippen molar-refractivity contribution in [2.75, 3.05) is 24.6 Å². The Morgan fingerprint density at radius 1 is 1.12 bits per heavy atom. The van der Waals surface area contributed by atoms with E-state index in [-0.39, 0.29) is 11.4 Å². The lowest BCUT2D eigenvalue weighted by Crippen LogP contribution is -2.29. The second kappa shape index (κ2) is 7.95. The molecular formula is C21H23NO4. The number of ether oxygens (including phenoxy) is 1. The van der Waals surface area contributed by atoms with Crippen molar-refractivity contribution in [1.82, 2.24) is 0 Å². The van der Waals surface area contributed by atoms with Crippen LogP contribution in [-0.4, -0.2) is 24.8 Å². The maximum atomic E-state index is 11.5. The first kappa shape index (κ1) is 17.9. The van der Waals surface area contributed by atoms with Crippen molar-refractivity contribution in [1.29, 1.82) is 0 Å². The molecule has 5 nitrogen and oxygen atoms in total. The smallest absolute Gasteiger partial charge is 0.336 e. The summed E-state index contributed by atoms with van der Waals surface area (Å²) in [4.78, 5) is 13.7. The molecule has 1 N–H and O–H groups in total. The summed E-state index contributed by atoms with van der Waals surface area (Å²) < 4.78 is 11.1. The Morgan fingerprint density at radius 3 is 2.73 bits per heavy atom. The number of fused-ring (bicyclic) bond motifs is 1. The van der Waals surface area contributed by atoms with Crippen LogP contribution in [-0.2, 0) is 0 Å². The van der Waals surface area contributed by atoms with E-state index in [1.165, 1.54) is 6.07 Å². The number of phenols is 1. The van der Waals surface area contributed by atoms with Crippen molar-refractivity contribution in [3.05, 3.63) is 64.5 Å². The van der Waals surface area contributed by atoms with E-state index in [0.29, 0.717) is 24.5 Å². The summed E-state index contributed by atoms with van der Waals surface area (Å²) in [5, 5.41) is 10.6. The van der Waals surface area contributed by atoms with Gasteiger partial charge in [0.1, 0.15) is 23.7 Å². The molecule has 3 aromatic rings. The first-order chi connectivity index (χ1) is 12.6. The van der Waals surface area contributed by atoms with Gasteiger partial charge in [-0.25, -0.2) is 4.79 Å². The second-order valence-corrected chi connectivity index (χ2v) is 6.26. The average Bonchev–Trinajstić information content (AvgIpc) is 2.60. The third-order valence-electron chi connectivity index (χ3n) is 4.24. The molecule has 3 rings (SSSR count). The van der Waals surface area contributed by atoms with E-state index in [2.05, 4.69) is 11.8 Å². The van der Waals surface area contributed by atoms with Crippen molar-refractivity contribution >= 4 is 16.7 Å². The monoisotopic (exact) mass is 353 g/mol. The molecule has 2 aromatic carbocycles. The third kappa shape index (κ3) is 4.17. The molecule has 26 heavy (non-hydrogen) atoms. The highest BCUT2D eigenvalue weighted by Crippen LogP contribution is 2.23. The third-order valence-corrected chi connectivity index (χ3v) is 4.24. The number of benzene rings is 2. The lowest BCUT2D eigenvalue weighted by molar-refractivity contribution is 0.323. The minimum Gasteiger partial charge on any atom is -0.508 e. The van der Waals surface area contributed by atoms with Gasteiger partial charge in [0.05, 0.1) is 6.54 Å². The van der Waals surface area contributed by atoms with Gasteiger partial charge in [0.2, 0.25) is 0 Å². The summed E-state index contributed by atoms with van der Waals surface area (Å²) in [6, 6.07) is 14.3. The summed E-state index contributed by atoms with van der Waals surface area (Å²) in [5.41, 5.74) is 2.03. The lowest BCUT2D eigenvalue weighted by atomic mass is 10.1. The maximum Gasteiger partial charge on any atom is 0.336 e. The average molecular weight is 353 g/mol. The van der Waals surface area contributed by atoms with E-state index in [4.69, 9.17) is 9.15 Å². The second-order valence-electron chi connectivity index (χ2n) is 6.26. The molecule has 0 unspecified atom stereocenters. The van der Waals surface area contributed by atoms with Gasteiger partial charge in [0.25, 0.3) is 0 Å². The van der Waals surface area contributed by atoms with E-state index in [0.717, 1.165) is 29.6 Å². The fourth-order valence-electron chi connectivity index (χ4n) is 3.00. The summed E-state index contributed by atoms with van der Waals surface area (Å²) in [6.45, 7) is 6.05. The molecule has 0 spiro atoms. The van der Waals surface area contributed by atoms with Crippen molar-refractivity contribution in [3.63, 3.8) is 0 Å². The number of nitrogens with zero attached hydrogens (tertiary/aromatic N) is 1. The van der Waals surface area contributed by atoms with Gasteiger partial charge in [-0.3, -0.25) is 0 Å². The largest absolute Gasteiger partial charge is 0.508 e. The van der Waals surface area contributed by atoms with Crippen LogP contribution in [0.15, 0.2) is 57.7 Å². The summed E-state index contributed by atoms with van der Waals surface area (Å²) in [6.07, 6.45) is 0.996. The zero-order valence-corrected chi connectivity index (χ0v) is 15.1. The zero-order chi connectivity index (χ0) is 18.5. The van der Waals surface area contributed by atoms with Gasteiger partial charge in [0.15, 0.2) is 0 Å². The van der Waals surface area contributed by atoms with Crippen LogP contribution in [0.2, 0.25) is 0 Å². The van der Waals surface area contributed by atoms with Gasteiger partial charge in [0, 0.05) is 35.8 Å². The van der Waals surface area contributed by atoms with Crippen molar-refractivity contribution in [2.45, 2.75) is 20.3 Å². The maximum absolute atomic E-state index is 11.5. The predicted molar refractivity (Wildman–Crippen MR) is 103 cm³/mol. The van der Waals surface area contributed by atoms with Gasteiger partial charge < -0.3 is 19.2 Å². The molecular weight excluding hydrogens is 330 g/mol. The molecule has 0 aliphatic rings. The number of rotatable bonds is 7. The first-order valence-electron chi connectivity index (χ1n) is 8.78. The lowest BCUT2D eigenvalue weighted by Gasteiger charge is -2.24. The van der Waals surface area contributed by atoms with Crippen molar-refractivity contribution in [2.24, 2.45) is 0 Å². The fraction of sp³-hybridized carbons (Fsp3) is 0.286. The Kier molecular flexibility index (Phi) is 5.46. The highest BCUT2D eigenvalue weighted by molar-refractivity contribution is 5.81. The van der Waals surface area contributed by atoms with Crippen LogP contribution >= 0.6 is 0 Å². The van der Waals surface area contributed by atoms with Crippen LogP contribution in [0.5, 0.6) is 11.5 Å². The van der Waals surface area contributed by atoms with Crippen LogP contribution in [0.1, 0.15) is 18.9 Å². The Morgan fingerprint density at radius 2 is 1.96 bits per heavy atom. The number of aryl methyl sites for hydroxylation is 1. The highest BCUT2D eigenvalue weighted by atomic mass is 16.5. The predicted octanol–water partition coefficient (Wildman–Crippen LogP) is 4.10. The molecule has 0 saturated carbocycles. The molecule has 0 aliphatic carbocycles. The standard InChI is InChI=1S/C21H23NO4/c1-3-9-22(16-5-4-6-17(23)13-16)10-11-25-18-7-8-19-15(2)12-21(24)26-20(19)14-18/h4-8,12-14,23H,3,9-11H2,1-2H3. The SMILES string of the molecule is CCCN(CCOc1ccc2c(C)cc(=O)oc2c1)c1cccc(O)c1. The van der Waals surface area contributed by atoms with Gasteiger partial charge >= 0.3 is 5.63 Å². The molecule has 0 fully saturated rings. The van der Waals surface area contributed by atoms with E-state index in [9.17, 15) is 9.90 Å². The molecule has 136 valence electrons. The molecule has 0 radical (unpaired) electrons. The van der Waals surface area contributed by atoms with E-state index in [1.54, 1.807) is 18.2 Å². The molecule has 0 bridgehead atoms. The van der Waals surface area contributed by atoms with Crippen molar-refractivity contribution in [3.8, 4) is 11.5 Å². The van der Waals surface area contributed by atoms with Gasteiger partial charge in [-0.1, -0.05) is 13.0 Å². The minimum absolute atomic E-state index is 0.254. The van der Waals surface area contributed by atoms with Crippen LogP contribution in [0, 0.1) is 6.92 Å². The summed E-state index contributed by atoms with van der Waals surface area (Å²) in [5.74, 6) is 0.919. The molecule has 1 heterocycles. The number of hydrogen-bond acceptors (Lipinski definition) is 5. The minimum atomic E-state index is -0.356. The Balaban J connectivity index is 1.69. The van der Waals surface area contributed by atoms with Gasteiger partial charge in [-0.15, -0.1) is 0 Å². The van der Waals surface area contributed by atoms with Crippen LogP contribution < -0.4 is 15.3 Å². The summed E-state index contributed by atoms with van der Waals surface area (Å²) in [7, 11) is 0. The highest BCUT2D eigenvalue weighted by Gasteiger charge is 2.08. The zero-order valence-electron chi connectivity index (χ0n) is 15.1. The molecule has 0 amide bonds.